The fourth-order valence-electron chi connectivity index (χ4n) is 11.0. The van der Waals surface area contributed by atoms with Gasteiger partial charge in [0.1, 0.15) is 18.1 Å². The maximum absolute atomic E-state index is 14.2. The Morgan fingerprint density at radius 1 is 0.500 bits per heavy atom. The van der Waals surface area contributed by atoms with Crippen LogP contribution in [0.2, 0.25) is 0 Å². The van der Waals surface area contributed by atoms with Crippen molar-refractivity contribution in [1.29, 1.82) is 0 Å². The Balaban J connectivity index is 0.945. The molecule has 6 fully saturated rings. The summed E-state index contributed by atoms with van der Waals surface area (Å²) >= 11 is 5.51. The van der Waals surface area contributed by atoms with Crippen LogP contribution in [-0.4, -0.2) is 178 Å². The number of rotatable bonds is 38. The van der Waals surface area contributed by atoms with Gasteiger partial charge in [-0.05, 0) is 110 Å². The Kier molecular flexibility index (Phi) is 26.3. The molecular formula is C53H89N13O11S3. The molecule has 0 aromatic carbocycles. The number of hydrogen-bond acceptors (Lipinski definition) is 14. The second-order valence-electron chi connectivity index (χ2n) is 22.7. The number of carbonyl (C=O) groups is 10. The Morgan fingerprint density at radius 2 is 0.838 bits per heavy atom. The van der Waals surface area contributed by atoms with Crippen LogP contribution < -0.4 is 69.5 Å². The van der Waals surface area contributed by atoms with Crippen molar-refractivity contribution in [3.8, 4) is 0 Å². The molecule has 6 heterocycles. The first kappa shape index (κ1) is 64.3. The van der Waals surface area contributed by atoms with E-state index in [0.29, 0.717) is 112 Å². The van der Waals surface area contributed by atoms with E-state index in [9.17, 15) is 53.1 Å². The number of unbranched alkanes of at least 4 members (excludes halogenated alkanes) is 6. The summed E-state index contributed by atoms with van der Waals surface area (Å²) < 4.78 is 0. The maximum atomic E-state index is 14.2. The van der Waals surface area contributed by atoms with Gasteiger partial charge in [0.05, 0.1) is 48.3 Å². The molecule has 24 nitrogen and oxygen atoms in total. The normalized spacial score (nSPS) is 25.4. The highest BCUT2D eigenvalue weighted by Gasteiger charge is 2.45. The molecule has 80 heavy (non-hydrogen) atoms. The number of aliphatic hydroxyl groups excluding tert-OH is 1. The van der Waals surface area contributed by atoms with Gasteiger partial charge in [0.2, 0.25) is 41.4 Å². The largest absolute Gasteiger partial charge is 0.395 e. The number of fused-ring (bicyclic) bond motifs is 3. The monoisotopic (exact) mass is 1180 g/mol. The molecular weight excluding hydrogens is 1090 g/mol. The Labute approximate surface area is 482 Å². The molecule has 450 valence electrons. The molecule has 6 saturated heterocycles. The van der Waals surface area contributed by atoms with E-state index in [-0.39, 0.29) is 91.3 Å². The Bertz CT molecular complexity index is 2150. The SMILES string of the molecule is CC(C)(CO)C(=O)NC(CCCCNC(=O)CCCCC1SCC2NC(=O)NC21)C(=O)NC(CCCCNC(=O)CCCCC1SCC2NC(=O)NC21)C(=O)NC(CCCCNC(=O)CCCCC1SCC2NC(=O)NC21)C(N)=O. The third kappa shape index (κ3) is 20.5. The molecule has 13 amide bonds. The van der Waals surface area contributed by atoms with Gasteiger partial charge in [-0.15, -0.1) is 0 Å². The zero-order valence-corrected chi connectivity index (χ0v) is 49.0. The third-order valence-corrected chi connectivity index (χ3v) is 20.4. The minimum atomic E-state index is -1.23. The van der Waals surface area contributed by atoms with Gasteiger partial charge in [0, 0.05) is 71.9 Å². The van der Waals surface area contributed by atoms with Crippen LogP contribution in [0.4, 0.5) is 14.4 Å². The lowest BCUT2D eigenvalue weighted by Gasteiger charge is -2.27. The van der Waals surface area contributed by atoms with Gasteiger partial charge in [-0.25, -0.2) is 14.4 Å². The first-order chi connectivity index (χ1) is 38.4. The molecule has 15 N–H and O–H groups in total. The van der Waals surface area contributed by atoms with Crippen molar-refractivity contribution in [3.63, 3.8) is 0 Å². The van der Waals surface area contributed by atoms with E-state index < -0.39 is 53.8 Å². The number of primary amides is 1. The topological polar surface area (TPSA) is 361 Å². The Morgan fingerprint density at radius 3 is 1.19 bits per heavy atom. The van der Waals surface area contributed by atoms with E-state index in [1.165, 1.54) is 13.8 Å². The van der Waals surface area contributed by atoms with Gasteiger partial charge in [-0.2, -0.15) is 35.3 Å². The molecule has 6 aliphatic heterocycles. The molecule has 0 aromatic heterocycles. The average molecular weight is 1180 g/mol. The van der Waals surface area contributed by atoms with Crippen molar-refractivity contribution in [2.45, 2.75) is 219 Å². The van der Waals surface area contributed by atoms with Gasteiger partial charge in [0.25, 0.3) is 0 Å². The summed E-state index contributed by atoms with van der Waals surface area (Å²) in [5, 5.41) is 45.8. The van der Waals surface area contributed by atoms with E-state index >= 15 is 0 Å². The molecule has 27 heteroatoms. The first-order valence-electron chi connectivity index (χ1n) is 29.1. The number of thioether (sulfide) groups is 3. The van der Waals surface area contributed by atoms with Gasteiger partial charge in [0.15, 0.2) is 0 Å². The molecule has 12 unspecified atom stereocenters. The lowest BCUT2D eigenvalue weighted by molar-refractivity contribution is -0.137. The van der Waals surface area contributed by atoms with Crippen LogP contribution in [0, 0.1) is 5.41 Å². The highest BCUT2D eigenvalue weighted by Crippen LogP contribution is 2.35. The van der Waals surface area contributed by atoms with Crippen LogP contribution >= 0.6 is 35.3 Å². The summed E-state index contributed by atoms with van der Waals surface area (Å²) in [6.45, 7) is 3.62. The molecule has 12 atom stereocenters. The lowest BCUT2D eigenvalue weighted by atomic mass is 9.93. The van der Waals surface area contributed by atoms with Crippen LogP contribution in [0.1, 0.15) is 149 Å². The molecule has 0 saturated carbocycles. The molecule has 0 aliphatic carbocycles. The fourth-order valence-corrected chi connectivity index (χ4v) is 15.6. The van der Waals surface area contributed by atoms with Crippen molar-refractivity contribution < 1.29 is 53.1 Å². The van der Waals surface area contributed by atoms with Crippen LogP contribution in [0.15, 0.2) is 0 Å². The van der Waals surface area contributed by atoms with Crippen molar-refractivity contribution in [2.24, 2.45) is 11.1 Å². The van der Waals surface area contributed by atoms with Crippen molar-refractivity contribution in [3.05, 3.63) is 0 Å². The summed E-state index contributed by atoms with van der Waals surface area (Å²) in [5.41, 5.74) is 4.56. The summed E-state index contributed by atoms with van der Waals surface area (Å²) in [6, 6.07) is -2.96. The summed E-state index contributed by atoms with van der Waals surface area (Å²) in [7, 11) is 0. The predicted octanol–water partition coefficient (Wildman–Crippen LogP) is 0.981. The molecule has 0 aromatic rings. The number of nitrogens with two attached hydrogens (primary N) is 1. The van der Waals surface area contributed by atoms with Gasteiger partial charge in [-0.3, -0.25) is 33.6 Å². The standard InChI is InChI=1S/C53H89N13O11S3/c1-53(2,30-67)49(74)60-33(17-11-14-26-57-42(70)23-8-5-20-39-45-36(29-80-39)63-52(77)66-45)48(73)59-32(16-10-13-25-56-41(69)22-7-4-19-38-44-35(28-79-38)62-51(76)65-44)47(72)58-31(46(54)71)15-9-12-24-55-40(68)21-6-3-18-37-43-34(27-78-37)61-50(75)64-43/h31-39,43-45,67H,3-30H2,1-2H3,(H2,54,71)(H,55,68)(H,56,69)(H,57,70)(H,58,72)(H,59,73)(H,60,74)(H2,61,64,75)(H2,62,65,76)(H2,63,66,77). The summed E-state index contributed by atoms with van der Waals surface area (Å²) in [4.78, 5) is 128. The molecule has 0 radical (unpaired) electrons. The maximum Gasteiger partial charge on any atom is 0.315 e. The highest BCUT2D eigenvalue weighted by atomic mass is 32.2. The van der Waals surface area contributed by atoms with E-state index in [0.717, 1.165) is 55.8 Å². The molecule has 6 aliphatic rings. The van der Waals surface area contributed by atoms with Crippen LogP contribution in [0.3, 0.4) is 0 Å². The smallest absolute Gasteiger partial charge is 0.315 e. The van der Waals surface area contributed by atoms with E-state index in [1.807, 2.05) is 35.3 Å². The lowest BCUT2D eigenvalue weighted by Crippen LogP contribution is -2.57. The van der Waals surface area contributed by atoms with Gasteiger partial charge in [-0.1, -0.05) is 19.3 Å². The van der Waals surface area contributed by atoms with Gasteiger partial charge >= 0.3 is 18.1 Å². The van der Waals surface area contributed by atoms with Crippen LogP contribution in [0.25, 0.3) is 0 Å². The first-order valence-corrected chi connectivity index (χ1v) is 32.2. The van der Waals surface area contributed by atoms with Crippen molar-refractivity contribution in [2.75, 3.05) is 43.5 Å². The second kappa shape index (κ2) is 32.7. The number of nitrogens with one attached hydrogen (secondary N) is 12. The zero-order valence-electron chi connectivity index (χ0n) is 46.6. The molecule has 0 spiro atoms. The number of aliphatic hydroxyl groups is 1. The van der Waals surface area contributed by atoms with Gasteiger partial charge < -0.3 is 74.6 Å². The number of carbonyl (C=O) groups excluding carboxylic acids is 10. The predicted molar refractivity (Wildman–Crippen MR) is 308 cm³/mol. The fraction of sp³-hybridized carbons (Fsp3) is 0.811. The van der Waals surface area contributed by atoms with Crippen molar-refractivity contribution in [1.82, 2.24) is 63.8 Å². The minimum absolute atomic E-state index is 0.0841. The quantitative estimate of drug-likeness (QED) is 0.0303. The number of hydrogen-bond donors (Lipinski definition) is 14. The van der Waals surface area contributed by atoms with E-state index in [2.05, 4.69) is 63.8 Å². The average Bonchev–Trinajstić information content (AvgIpc) is 4.31. The number of urea groups is 3. The minimum Gasteiger partial charge on any atom is -0.395 e. The summed E-state index contributed by atoms with van der Waals surface area (Å²) in [6.07, 6.45) is 11.6. The second-order valence-corrected chi connectivity index (χ2v) is 26.5. The van der Waals surface area contributed by atoms with Crippen molar-refractivity contribution >= 4 is 94.7 Å². The third-order valence-electron chi connectivity index (χ3n) is 15.9. The number of amides is 13. The van der Waals surface area contributed by atoms with Crippen LogP contribution in [-0.2, 0) is 33.6 Å². The zero-order chi connectivity index (χ0) is 57.6. The summed E-state index contributed by atoms with van der Waals surface area (Å²) in [5.74, 6) is -0.316. The van der Waals surface area contributed by atoms with Crippen LogP contribution in [0.5, 0.6) is 0 Å². The van der Waals surface area contributed by atoms with E-state index in [4.69, 9.17) is 5.73 Å². The highest BCUT2D eigenvalue weighted by molar-refractivity contribution is 8.00. The van der Waals surface area contributed by atoms with E-state index in [1.54, 1.807) is 0 Å². The Hall–Kier alpha value is -4.89. The molecule has 0 bridgehead atoms. The molecule has 6 rings (SSSR count).